The fourth-order valence-corrected chi connectivity index (χ4v) is 4.42. The van der Waals surface area contributed by atoms with Crippen LogP contribution in [0.5, 0.6) is 0 Å². The van der Waals surface area contributed by atoms with Gasteiger partial charge in [-0.1, -0.05) is 18.2 Å². The molecule has 2 fully saturated rings. The first-order chi connectivity index (χ1) is 11.0. The van der Waals surface area contributed by atoms with Crippen molar-refractivity contribution >= 4 is 11.8 Å². The van der Waals surface area contributed by atoms with Crippen LogP contribution >= 0.6 is 11.8 Å². The molecule has 0 amide bonds. The van der Waals surface area contributed by atoms with E-state index < -0.39 is 11.7 Å². The van der Waals surface area contributed by atoms with E-state index in [-0.39, 0.29) is 0 Å². The number of nitrogens with zero attached hydrogens (tertiary/aromatic N) is 2. The summed E-state index contributed by atoms with van der Waals surface area (Å²) in [5.74, 6) is 2.45. The van der Waals surface area contributed by atoms with E-state index in [1.54, 1.807) is 6.07 Å². The Hall–Kier alpha value is -0.720. The van der Waals surface area contributed by atoms with Gasteiger partial charge in [-0.2, -0.15) is 24.9 Å². The van der Waals surface area contributed by atoms with Gasteiger partial charge in [-0.3, -0.25) is 9.80 Å². The summed E-state index contributed by atoms with van der Waals surface area (Å²) in [5.41, 5.74) is 0.211. The highest BCUT2D eigenvalue weighted by Crippen LogP contribution is 2.30. The van der Waals surface area contributed by atoms with E-state index in [0.29, 0.717) is 12.6 Å². The first kappa shape index (κ1) is 17.1. The van der Waals surface area contributed by atoms with Crippen LogP contribution in [0.4, 0.5) is 13.2 Å². The van der Waals surface area contributed by atoms with Gasteiger partial charge in [-0.05, 0) is 37.6 Å². The maximum absolute atomic E-state index is 12.8. The Bertz CT molecular complexity index is 507. The molecule has 6 heteroatoms. The standard InChI is InChI=1S/C17H23F3N2S/c18-17(19,20)15-3-1-2-14(12-15)13-21-6-4-16(5-7-21)22-8-10-23-11-9-22/h1-3,12,16H,4-11,13H2. The second-order valence-corrected chi connectivity index (χ2v) is 7.58. The number of hydrogen-bond donors (Lipinski definition) is 0. The van der Waals surface area contributed by atoms with Gasteiger partial charge in [0.25, 0.3) is 0 Å². The van der Waals surface area contributed by atoms with Gasteiger partial charge in [0.15, 0.2) is 0 Å². The Balaban J connectivity index is 1.52. The van der Waals surface area contributed by atoms with Gasteiger partial charge in [-0.25, -0.2) is 0 Å². The number of piperidine rings is 1. The molecule has 0 unspecified atom stereocenters. The van der Waals surface area contributed by atoms with Crippen molar-refractivity contribution in [1.82, 2.24) is 9.80 Å². The minimum absolute atomic E-state index is 0.546. The third kappa shape index (κ3) is 4.64. The molecule has 2 aliphatic heterocycles. The van der Waals surface area contributed by atoms with Crippen molar-refractivity contribution in [2.24, 2.45) is 0 Å². The normalized spacial score (nSPS) is 22.4. The zero-order valence-electron chi connectivity index (χ0n) is 13.2. The van der Waals surface area contributed by atoms with Crippen LogP contribution in [0.3, 0.4) is 0 Å². The summed E-state index contributed by atoms with van der Waals surface area (Å²) in [5, 5.41) is 0. The smallest absolute Gasteiger partial charge is 0.299 e. The molecule has 0 aromatic heterocycles. The molecular formula is C17H23F3N2S. The highest BCUT2D eigenvalue weighted by molar-refractivity contribution is 7.99. The molecule has 1 aromatic rings. The third-order valence-corrected chi connectivity index (χ3v) is 5.72. The first-order valence-electron chi connectivity index (χ1n) is 8.23. The van der Waals surface area contributed by atoms with Crippen LogP contribution in [0, 0.1) is 0 Å². The summed E-state index contributed by atoms with van der Waals surface area (Å²) < 4.78 is 38.3. The van der Waals surface area contributed by atoms with Crippen LogP contribution in [0.25, 0.3) is 0 Å². The molecule has 0 atom stereocenters. The lowest BCUT2D eigenvalue weighted by molar-refractivity contribution is -0.137. The molecule has 2 aliphatic rings. The third-order valence-electron chi connectivity index (χ3n) is 4.78. The second-order valence-electron chi connectivity index (χ2n) is 6.35. The van der Waals surface area contributed by atoms with Crippen LogP contribution in [0.2, 0.25) is 0 Å². The van der Waals surface area contributed by atoms with E-state index in [2.05, 4.69) is 9.80 Å². The lowest BCUT2D eigenvalue weighted by Crippen LogP contribution is -2.47. The minimum Gasteiger partial charge on any atom is -0.299 e. The predicted octanol–water partition coefficient (Wildman–Crippen LogP) is 3.72. The van der Waals surface area contributed by atoms with Gasteiger partial charge in [0.2, 0.25) is 0 Å². The topological polar surface area (TPSA) is 6.48 Å². The largest absolute Gasteiger partial charge is 0.416 e. The van der Waals surface area contributed by atoms with E-state index in [1.165, 1.54) is 36.7 Å². The summed E-state index contributed by atoms with van der Waals surface area (Å²) in [4.78, 5) is 4.88. The molecular weight excluding hydrogens is 321 g/mol. The molecule has 2 saturated heterocycles. The van der Waals surface area contributed by atoms with Gasteiger partial charge in [-0.15, -0.1) is 0 Å². The number of likely N-dealkylation sites (tertiary alicyclic amines) is 1. The molecule has 2 heterocycles. The van der Waals surface area contributed by atoms with Crippen LogP contribution in [-0.4, -0.2) is 53.5 Å². The van der Waals surface area contributed by atoms with Crippen LogP contribution in [0.15, 0.2) is 24.3 Å². The molecule has 0 aliphatic carbocycles. The summed E-state index contributed by atoms with van der Waals surface area (Å²) in [6.45, 7) is 4.94. The second kappa shape index (κ2) is 7.45. The Morgan fingerprint density at radius 2 is 1.74 bits per heavy atom. The number of thioether (sulfide) groups is 1. The van der Waals surface area contributed by atoms with Gasteiger partial charge in [0.05, 0.1) is 5.56 Å². The monoisotopic (exact) mass is 344 g/mol. The van der Waals surface area contributed by atoms with Crippen molar-refractivity contribution in [2.45, 2.75) is 31.6 Å². The molecule has 3 rings (SSSR count). The van der Waals surface area contributed by atoms with Crippen molar-refractivity contribution < 1.29 is 13.2 Å². The molecule has 0 bridgehead atoms. The molecule has 0 N–H and O–H groups in total. The minimum atomic E-state index is -4.25. The van der Waals surface area contributed by atoms with E-state index in [1.807, 2.05) is 11.8 Å². The molecule has 0 saturated carbocycles. The SMILES string of the molecule is FC(F)(F)c1cccc(CN2CCC(N3CCSCC3)CC2)c1. The zero-order chi connectivity index (χ0) is 16.3. The van der Waals surface area contributed by atoms with E-state index in [0.717, 1.165) is 37.6 Å². The quantitative estimate of drug-likeness (QED) is 0.825. The van der Waals surface area contributed by atoms with Gasteiger partial charge >= 0.3 is 6.18 Å². The van der Waals surface area contributed by atoms with Crippen LogP contribution in [-0.2, 0) is 12.7 Å². The Morgan fingerprint density at radius 3 is 2.39 bits per heavy atom. The summed E-state index contributed by atoms with van der Waals surface area (Å²) in [6, 6.07) is 6.39. The summed E-state index contributed by atoms with van der Waals surface area (Å²) in [7, 11) is 0. The Labute approximate surface area is 140 Å². The number of benzene rings is 1. The van der Waals surface area contributed by atoms with Crippen molar-refractivity contribution in [2.75, 3.05) is 37.7 Å². The molecule has 0 radical (unpaired) electrons. The van der Waals surface area contributed by atoms with Crippen molar-refractivity contribution in [1.29, 1.82) is 0 Å². The van der Waals surface area contributed by atoms with Gasteiger partial charge in [0, 0.05) is 37.2 Å². The lowest BCUT2D eigenvalue weighted by Gasteiger charge is -2.40. The Morgan fingerprint density at radius 1 is 1.04 bits per heavy atom. The van der Waals surface area contributed by atoms with Gasteiger partial charge < -0.3 is 0 Å². The average Bonchev–Trinajstić information content (AvgIpc) is 2.56. The lowest BCUT2D eigenvalue weighted by atomic mass is 10.0. The number of alkyl halides is 3. The number of halogens is 3. The van der Waals surface area contributed by atoms with E-state index >= 15 is 0 Å². The zero-order valence-corrected chi connectivity index (χ0v) is 14.0. The summed E-state index contributed by atoms with van der Waals surface area (Å²) >= 11 is 2.02. The van der Waals surface area contributed by atoms with Crippen LogP contribution < -0.4 is 0 Å². The molecule has 128 valence electrons. The molecule has 23 heavy (non-hydrogen) atoms. The maximum Gasteiger partial charge on any atom is 0.416 e. The first-order valence-corrected chi connectivity index (χ1v) is 9.38. The molecule has 0 spiro atoms. The van der Waals surface area contributed by atoms with Crippen molar-refractivity contribution in [3.63, 3.8) is 0 Å². The van der Waals surface area contributed by atoms with Gasteiger partial charge in [0.1, 0.15) is 0 Å². The number of rotatable bonds is 3. The molecule has 1 aromatic carbocycles. The van der Waals surface area contributed by atoms with Crippen molar-refractivity contribution in [3.05, 3.63) is 35.4 Å². The number of hydrogen-bond acceptors (Lipinski definition) is 3. The van der Waals surface area contributed by atoms with E-state index in [4.69, 9.17) is 0 Å². The Kier molecular flexibility index (Phi) is 5.54. The maximum atomic E-state index is 12.8. The van der Waals surface area contributed by atoms with E-state index in [9.17, 15) is 13.2 Å². The highest BCUT2D eigenvalue weighted by atomic mass is 32.2. The van der Waals surface area contributed by atoms with Crippen molar-refractivity contribution in [3.8, 4) is 0 Å². The highest BCUT2D eigenvalue weighted by Gasteiger charge is 2.31. The fourth-order valence-electron chi connectivity index (χ4n) is 3.49. The predicted molar refractivity (Wildman–Crippen MR) is 88.6 cm³/mol. The van der Waals surface area contributed by atoms with Crippen LogP contribution in [0.1, 0.15) is 24.0 Å². The average molecular weight is 344 g/mol. The fraction of sp³-hybridized carbons (Fsp3) is 0.647. The molecule has 2 nitrogen and oxygen atoms in total. The summed E-state index contributed by atoms with van der Waals surface area (Å²) in [6.07, 6.45) is -2.00.